The Morgan fingerprint density at radius 2 is 1.36 bits per heavy atom. The summed E-state index contributed by atoms with van der Waals surface area (Å²) < 4.78 is 60.8. The van der Waals surface area contributed by atoms with Gasteiger partial charge in [0.25, 0.3) is 0 Å². The van der Waals surface area contributed by atoms with E-state index in [0.717, 1.165) is 56.1 Å². The smallest absolute Gasteiger partial charge is 0.238 e. The van der Waals surface area contributed by atoms with E-state index >= 15 is 0 Å². The Balaban J connectivity index is 1.92. The van der Waals surface area contributed by atoms with Gasteiger partial charge in [-0.1, -0.05) is 6.42 Å². The van der Waals surface area contributed by atoms with Gasteiger partial charge in [0.15, 0.2) is 24.1 Å². The molecule has 8 heteroatoms. The fourth-order valence-corrected chi connectivity index (χ4v) is 4.41. The summed E-state index contributed by atoms with van der Waals surface area (Å²) in [6.45, 7) is 3.30. The van der Waals surface area contributed by atoms with Crippen LogP contribution in [0.5, 0.6) is 23.0 Å². The van der Waals surface area contributed by atoms with Crippen LogP contribution in [0.3, 0.4) is 0 Å². The molecule has 0 radical (unpaired) electrons. The van der Waals surface area contributed by atoms with E-state index in [0.29, 0.717) is 55.5 Å². The summed E-state index contributed by atoms with van der Waals surface area (Å²) in [5.41, 5.74) is 1.83. The van der Waals surface area contributed by atoms with Crippen molar-refractivity contribution >= 4 is 0 Å². The summed E-state index contributed by atoms with van der Waals surface area (Å²) in [6, 6.07) is 0. The maximum absolute atomic E-state index is 12.5. The molecule has 0 aromatic heterocycles. The lowest BCUT2D eigenvalue weighted by Crippen LogP contribution is -2.27. The number of rotatable bonds is 12. The third kappa shape index (κ3) is 7.09. The van der Waals surface area contributed by atoms with E-state index in [1.54, 1.807) is 14.2 Å². The van der Waals surface area contributed by atoms with E-state index in [1.165, 1.54) is 0 Å². The van der Waals surface area contributed by atoms with Crippen molar-refractivity contribution in [1.29, 1.82) is 0 Å². The van der Waals surface area contributed by atoms with Crippen LogP contribution in [0.15, 0.2) is 0 Å². The third-order valence-electron chi connectivity index (χ3n) is 6.22. The zero-order valence-electron chi connectivity index (χ0n) is 20.1. The molecule has 0 bridgehead atoms. The lowest BCUT2D eigenvalue weighted by atomic mass is 9.98. The second-order valence-corrected chi connectivity index (χ2v) is 8.65. The van der Waals surface area contributed by atoms with Gasteiger partial charge in [-0.25, -0.2) is 8.78 Å². The van der Waals surface area contributed by atoms with Crippen LogP contribution in [-0.4, -0.2) is 46.4 Å². The average Bonchev–Trinajstić information content (AvgIpc) is 2.83. The molecule has 2 unspecified atom stereocenters. The van der Waals surface area contributed by atoms with E-state index in [4.69, 9.17) is 28.4 Å². The fraction of sp³-hybridized carbons (Fsp3) is 0.760. The van der Waals surface area contributed by atoms with Crippen molar-refractivity contribution in [2.75, 3.05) is 27.4 Å². The summed E-state index contributed by atoms with van der Waals surface area (Å²) in [5.74, 6) is 2.10. The van der Waals surface area contributed by atoms with Gasteiger partial charge in [-0.15, -0.1) is 0 Å². The monoisotopic (exact) mass is 472 g/mol. The molecule has 2 heterocycles. The lowest BCUT2D eigenvalue weighted by molar-refractivity contribution is -0.109. The molecule has 2 fully saturated rings. The molecule has 6 nitrogen and oxygen atoms in total. The van der Waals surface area contributed by atoms with Gasteiger partial charge < -0.3 is 28.4 Å². The number of ether oxygens (including phenoxy) is 6. The summed E-state index contributed by atoms with van der Waals surface area (Å²) >= 11 is 0. The molecule has 1 aromatic carbocycles. The molecule has 2 aliphatic rings. The number of unbranched alkanes of at least 4 members (excludes halogenated alkanes) is 2. The average molecular weight is 473 g/mol. The molecule has 2 aliphatic heterocycles. The van der Waals surface area contributed by atoms with Crippen molar-refractivity contribution in [3.05, 3.63) is 11.1 Å². The number of methoxy groups -OCH3 is 2. The SMILES string of the molecule is COc1c(OC2CCCCO2)c(C)c(CCCCCC(F)F)c(OC2CCCCO2)c1OC. The Hall–Kier alpha value is -1.80. The van der Waals surface area contributed by atoms with E-state index in [1.807, 2.05) is 6.92 Å². The van der Waals surface area contributed by atoms with Crippen LogP contribution in [0.4, 0.5) is 8.78 Å². The Labute approximate surface area is 195 Å². The largest absolute Gasteiger partial charge is 0.490 e. The normalized spacial score (nSPS) is 21.2. The number of benzene rings is 1. The lowest BCUT2D eigenvalue weighted by Gasteiger charge is -2.30. The second kappa shape index (κ2) is 13.2. The van der Waals surface area contributed by atoms with Gasteiger partial charge >= 0.3 is 0 Å². The number of halogens is 2. The molecule has 2 saturated heterocycles. The van der Waals surface area contributed by atoms with Crippen molar-refractivity contribution < 1.29 is 37.2 Å². The summed E-state index contributed by atoms with van der Waals surface area (Å²) in [4.78, 5) is 0. The highest BCUT2D eigenvalue weighted by Crippen LogP contribution is 2.51. The van der Waals surface area contributed by atoms with Crippen LogP contribution in [0.2, 0.25) is 0 Å². The maximum Gasteiger partial charge on any atom is 0.238 e. The summed E-state index contributed by atoms with van der Waals surface area (Å²) in [7, 11) is 3.16. The molecule has 0 amide bonds. The molecule has 3 rings (SSSR count). The predicted octanol–water partition coefficient (Wildman–Crippen LogP) is 6.19. The first-order chi connectivity index (χ1) is 16.0. The first-order valence-electron chi connectivity index (χ1n) is 12.2. The Morgan fingerprint density at radius 1 is 0.788 bits per heavy atom. The molecule has 188 valence electrons. The van der Waals surface area contributed by atoms with Gasteiger partial charge in [0.1, 0.15) is 0 Å². The van der Waals surface area contributed by atoms with Crippen LogP contribution in [0.25, 0.3) is 0 Å². The van der Waals surface area contributed by atoms with E-state index < -0.39 is 6.43 Å². The second-order valence-electron chi connectivity index (χ2n) is 8.65. The summed E-state index contributed by atoms with van der Waals surface area (Å²) in [5, 5.41) is 0. The third-order valence-corrected chi connectivity index (χ3v) is 6.22. The molecule has 1 aromatic rings. The van der Waals surface area contributed by atoms with Gasteiger partial charge in [-0.05, 0) is 51.9 Å². The Bertz CT molecular complexity index is 730. The number of hydrogen-bond donors (Lipinski definition) is 0. The quantitative estimate of drug-likeness (QED) is 0.338. The van der Waals surface area contributed by atoms with Crippen molar-refractivity contribution in [2.24, 2.45) is 0 Å². The topological polar surface area (TPSA) is 55.4 Å². The highest BCUT2D eigenvalue weighted by atomic mass is 19.3. The molecule has 0 saturated carbocycles. The van der Waals surface area contributed by atoms with Crippen molar-refractivity contribution in [2.45, 2.75) is 96.6 Å². The van der Waals surface area contributed by atoms with Crippen LogP contribution in [-0.2, 0) is 15.9 Å². The van der Waals surface area contributed by atoms with Crippen LogP contribution in [0, 0.1) is 6.92 Å². The first-order valence-corrected chi connectivity index (χ1v) is 12.2. The molecular weight excluding hydrogens is 434 g/mol. The maximum atomic E-state index is 12.5. The zero-order valence-corrected chi connectivity index (χ0v) is 20.1. The van der Waals surface area contributed by atoms with E-state index in [9.17, 15) is 8.78 Å². The van der Waals surface area contributed by atoms with Crippen molar-refractivity contribution in [3.8, 4) is 23.0 Å². The van der Waals surface area contributed by atoms with Gasteiger partial charge in [-0.3, -0.25) is 0 Å². The van der Waals surface area contributed by atoms with Crippen LogP contribution >= 0.6 is 0 Å². The van der Waals surface area contributed by atoms with E-state index in [2.05, 4.69) is 0 Å². The standard InChI is InChI=1S/C25H38F2O6/c1-17-18(11-5-4-6-12-19(26)27)23(33-21-14-8-10-16-31-21)25(29-3)24(28-2)22(17)32-20-13-7-9-15-30-20/h19-21H,4-16H2,1-3H3. The molecule has 0 spiro atoms. The van der Waals surface area contributed by atoms with Crippen molar-refractivity contribution in [1.82, 2.24) is 0 Å². The van der Waals surface area contributed by atoms with Gasteiger partial charge in [0.2, 0.25) is 17.9 Å². The highest BCUT2D eigenvalue weighted by Gasteiger charge is 2.30. The molecular formula is C25H38F2O6. The van der Waals surface area contributed by atoms with Gasteiger partial charge in [-0.2, -0.15) is 0 Å². The summed E-state index contributed by atoms with van der Waals surface area (Å²) in [6.07, 6.45) is 5.30. The Kier molecular flexibility index (Phi) is 10.3. The molecule has 33 heavy (non-hydrogen) atoms. The molecule has 0 N–H and O–H groups in total. The van der Waals surface area contributed by atoms with E-state index in [-0.39, 0.29) is 19.0 Å². The molecule has 0 aliphatic carbocycles. The minimum Gasteiger partial charge on any atom is -0.490 e. The number of alkyl halides is 2. The van der Waals surface area contributed by atoms with Crippen LogP contribution in [0.1, 0.15) is 75.3 Å². The zero-order chi connectivity index (χ0) is 23.6. The predicted molar refractivity (Wildman–Crippen MR) is 121 cm³/mol. The fourth-order valence-electron chi connectivity index (χ4n) is 4.41. The molecule has 2 atom stereocenters. The van der Waals surface area contributed by atoms with Crippen molar-refractivity contribution in [3.63, 3.8) is 0 Å². The number of hydrogen-bond acceptors (Lipinski definition) is 6. The van der Waals surface area contributed by atoms with Gasteiger partial charge in [0, 0.05) is 30.4 Å². The Morgan fingerprint density at radius 3 is 1.88 bits per heavy atom. The van der Waals surface area contributed by atoms with Gasteiger partial charge in [0.05, 0.1) is 27.4 Å². The first kappa shape index (κ1) is 25.8. The minimum absolute atomic E-state index is 0.0719. The highest BCUT2D eigenvalue weighted by molar-refractivity contribution is 5.67. The van der Waals surface area contributed by atoms with Crippen LogP contribution < -0.4 is 18.9 Å². The minimum atomic E-state index is -2.26.